The first-order valence-electron chi connectivity index (χ1n) is 12.8. The van der Waals surface area contributed by atoms with Gasteiger partial charge < -0.3 is 15.2 Å². The molecule has 0 saturated carbocycles. The quantitative estimate of drug-likeness (QED) is 0.334. The zero-order valence-electron chi connectivity index (χ0n) is 22.0. The van der Waals surface area contributed by atoms with Gasteiger partial charge in [-0.2, -0.15) is 4.31 Å². The molecule has 0 bridgehead atoms. The molecular weight excluding hydrogens is 591 g/mol. The number of carbonyl (C=O) groups is 3. The van der Waals surface area contributed by atoms with Crippen molar-refractivity contribution in [2.75, 3.05) is 20.2 Å². The lowest BCUT2D eigenvalue weighted by atomic mass is 9.97. The van der Waals surface area contributed by atoms with Crippen molar-refractivity contribution in [1.29, 1.82) is 0 Å². The van der Waals surface area contributed by atoms with Crippen LogP contribution in [0.2, 0.25) is 10.0 Å². The van der Waals surface area contributed by atoms with E-state index in [-0.39, 0.29) is 30.0 Å². The number of hydrogen-bond acceptors (Lipinski definition) is 6. The fourth-order valence-electron chi connectivity index (χ4n) is 4.75. The Labute approximate surface area is 248 Å². The highest BCUT2D eigenvalue weighted by atomic mass is 35.5. The zero-order chi connectivity index (χ0) is 29.7. The number of carbonyl (C=O) groups excluding carboxylic acids is 2. The fourth-order valence-corrected chi connectivity index (χ4v) is 6.85. The van der Waals surface area contributed by atoms with Crippen molar-refractivity contribution in [3.63, 3.8) is 0 Å². The van der Waals surface area contributed by atoms with E-state index in [1.54, 1.807) is 42.5 Å². The van der Waals surface area contributed by atoms with Crippen molar-refractivity contribution >= 4 is 51.1 Å². The second kappa shape index (κ2) is 13.0. The summed E-state index contributed by atoms with van der Waals surface area (Å²) in [5.74, 6) is -3.32. The van der Waals surface area contributed by atoms with Crippen LogP contribution in [-0.2, 0) is 30.8 Å². The molecule has 2 atom stereocenters. The number of carboxylic acid groups (broad SMARTS) is 1. The molecule has 0 aliphatic carbocycles. The number of nitrogens with zero attached hydrogens (tertiary/aromatic N) is 1. The Balaban J connectivity index is 1.45. The van der Waals surface area contributed by atoms with Gasteiger partial charge in [0.1, 0.15) is 6.04 Å². The van der Waals surface area contributed by atoms with E-state index in [4.69, 9.17) is 27.9 Å². The molecule has 1 saturated heterocycles. The SMILES string of the molecule is COC(=O)c1ccccc1S(=O)(=O)N1CCCC(C(=O)N[C@@H](Cc2ccc(-c3cc(Cl)ccc3Cl)cc2)C(=O)O)C1. The average molecular weight is 620 g/mol. The van der Waals surface area contributed by atoms with Crippen molar-refractivity contribution < 1.29 is 32.6 Å². The van der Waals surface area contributed by atoms with Crippen LogP contribution in [0, 0.1) is 5.92 Å². The smallest absolute Gasteiger partial charge is 0.339 e. The maximum absolute atomic E-state index is 13.4. The molecule has 1 amide bonds. The number of carboxylic acids is 1. The number of halogens is 2. The molecule has 2 N–H and O–H groups in total. The Bertz CT molecular complexity index is 1560. The molecule has 0 radical (unpaired) electrons. The van der Waals surface area contributed by atoms with E-state index in [0.717, 1.165) is 22.5 Å². The van der Waals surface area contributed by atoms with Gasteiger partial charge in [0, 0.05) is 35.1 Å². The molecule has 41 heavy (non-hydrogen) atoms. The van der Waals surface area contributed by atoms with E-state index in [1.807, 2.05) is 0 Å². The van der Waals surface area contributed by atoms with Gasteiger partial charge in [0.2, 0.25) is 15.9 Å². The van der Waals surface area contributed by atoms with Gasteiger partial charge >= 0.3 is 11.9 Å². The molecule has 0 aromatic heterocycles. The van der Waals surface area contributed by atoms with Crippen LogP contribution in [0.15, 0.2) is 71.6 Å². The molecule has 12 heteroatoms. The lowest BCUT2D eigenvalue weighted by Crippen LogP contribution is -2.50. The Morgan fingerprint density at radius 1 is 1.07 bits per heavy atom. The average Bonchev–Trinajstić information content (AvgIpc) is 2.98. The standard InChI is InChI=1S/C29H28Cl2N2O7S/c1-40-29(37)22-6-2-3-7-26(22)41(38,39)33-14-4-5-20(17-33)27(34)32-25(28(35)36)15-18-8-10-19(11-9-18)23-16-21(30)12-13-24(23)31/h2-3,6-13,16,20,25H,4-5,14-15,17H2,1H3,(H,32,34)(H,35,36)/t20?,25-/m0/s1. The minimum absolute atomic E-state index is 0.0197. The molecule has 1 aliphatic heterocycles. The number of aliphatic carboxylic acids is 1. The molecule has 1 heterocycles. The number of amides is 1. The summed E-state index contributed by atoms with van der Waals surface area (Å²) in [4.78, 5) is 37.1. The number of hydrogen-bond donors (Lipinski definition) is 2. The highest BCUT2D eigenvalue weighted by Gasteiger charge is 2.36. The number of ether oxygens (including phenoxy) is 1. The first kappa shape index (κ1) is 30.5. The first-order chi connectivity index (χ1) is 19.5. The zero-order valence-corrected chi connectivity index (χ0v) is 24.4. The number of nitrogens with one attached hydrogen (secondary N) is 1. The van der Waals surface area contributed by atoms with Gasteiger partial charge in [0.15, 0.2) is 0 Å². The number of rotatable bonds is 9. The Morgan fingerprint density at radius 2 is 1.78 bits per heavy atom. The highest BCUT2D eigenvalue weighted by molar-refractivity contribution is 7.89. The summed E-state index contributed by atoms with van der Waals surface area (Å²) in [5.41, 5.74) is 2.11. The van der Waals surface area contributed by atoms with Crippen LogP contribution in [0.4, 0.5) is 0 Å². The van der Waals surface area contributed by atoms with Crippen LogP contribution >= 0.6 is 23.2 Å². The van der Waals surface area contributed by atoms with Gasteiger partial charge in [-0.3, -0.25) is 4.79 Å². The van der Waals surface area contributed by atoms with Crippen LogP contribution < -0.4 is 5.32 Å². The van der Waals surface area contributed by atoms with E-state index in [9.17, 15) is 27.9 Å². The highest BCUT2D eigenvalue weighted by Crippen LogP contribution is 2.31. The lowest BCUT2D eigenvalue weighted by molar-refractivity contribution is -0.142. The second-order valence-corrected chi connectivity index (χ2v) is 12.4. The Kier molecular flexibility index (Phi) is 9.70. The minimum Gasteiger partial charge on any atom is -0.480 e. The molecular formula is C29H28Cl2N2O7S. The van der Waals surface area contributed by atoms with Crippen molar-refractivity contribution in [3.8, 4) is 11.1 Å². The third-order valence-electron chi connectivity index (χ3n) is 6.91. The van der Waals surface area contributed by atoms with Crippen molar-refractivity contribution in [3.05, 3.63) is 87.9 Å². The summed E-state index contributed by atoms with van der Waals surface area (Å²) in [6.07, 6.45) is 0.798. The second-order valence-electron chi connectivity index (χ2n) is 9.61. The molecule has 0 spiro atoms. The van der Waals surface area contributed by atoms with Crippen molar-refractivity contribution in [2.24, 2.45) is 5.92 Å². The number of esters is 1. The first-order valence-corrected chi connectivity index (χ1v) is 15.0. The molecule has 9 nitrogen and oxygen atoms in total. The normalized spacial score (nSPS) is 16.5. The predicted octanol–water partition coefficient (Wildman–Crippen LogP) is 4.66. The Morgan fingerprint density at radius 3 is 2.46 bits per heavy atom. The fraction of sp³-hybridized carbons (Fsp3) is 0.276. The van der Waals surface area contributed by atoms with E-state index in [1.165, 1.54) is 24.3 Å². The molecule has 1 aliphatic rings. The van der Waals surface area contributed by atoms with E-state index >= 15 is 0 Å². The molecule has 3 aromatic rings. The van der Waals surface area contributed by atoms with E-state index in [2.05, 4.69) is 5.32 Å². The number of piperidine rings is 1. The summed E-state index contributed by atoms with van der Waals surface area (Å²) in [5, 5.41) is 13.5. The summed E-state index contributed by atoms with van der Waals surface area (Å²) in [6, 6.07) is 16.7. The number of methoxy groups -OCH3 is 1. The maximum atomic E-state index is 13.4. The molecule has 3 aromatic carbocycles. The summed E-state index contributed by atoms with van der Waals surface area (Å²) >= 11 is 12.4. The molecule has 1 fully saturated rings. The van der Waals surface area contributed by atoms with Gasteiger partial charge in [-0.15, -0.1) is 0 Å². The van der Waals surface area contributed by atoms with Crippen LogP contribution in [0.25, 0.3) is 11.1 Å². The van der Waals surface area contributed by atoms with Gasteiger partial charge in [-0.05, 0) is 54.3 Å². The van der Waals surface area contributed by atoms with Crippen LogP contribution in [0.5, 0.6) is 0 Å². The van der Waals surface area contributed by atoms with Gasteiger partial charge in [0.05, 0.1) is 23.5 Å². The van der Waals surface area contributed by atoms with E-state index in [0.29, 0.717) is 28.5 Å². The molecule has 4 rings (SSSR count). The van der Waals surface area contributed by atoms with Crippen LogP contribution in [0.1, 0.15) is 28.8 Å². The lowest BCUT2D eigenvalue weighted by Gasteiger charge is -2.32. The maximum Gasteiger partial charge on any atom is 0.339 e. The van der Waals surface area contributed by atoms with Gasteiger partial charge in [-0.1, -0.05) is 59.6 Å². The van der Waals surface area contributed by atoms with Crippen LogP contribution in [0.3, 0.4) is 0 Å². The molecule has 216 valence electrons. The summed E-state index contributed by atoms with van der Waals surface area (Å²) < 4.78 is 32.7. The third-order valence-corrected chi connectivity index (χ3v) is 9.40. The van der Waals surface area contributed by atoms with Gasteiger partial charge in [0.25, 0.3) is 0 Å². The Hall–Kier alpha value is -3.44. The van der Waals surface area contributed by atoms with E-state index < -0.39 is 39.8 Å². The monoisotopic (exact) mass is 618 g/mol. The minimum atomic E-state index is -4.12. The largest absolute Gasteiger partial charge is 0.480 e. The summed E-state index contributed by atoms with van der Waals surface area (Å²) in [6.45, 7) is 0.0120. The number of sulfonamides is 1. The number of benzene rings is 3. The third kappa shape index (κ3) is 7.08. The van der Waals surface area contributed by atoms with Crippen molar-refractivity contribution in [1.82, 2.24) is 9.62 Å². The van der Waals surface area contributed by atoms with Crippen molar-refractivity contribution in [2.45, 2.75) is 30.2 Å². The van der Waals surface area contributed by atoms with Crippen LogP contribution in [-0.4, -0.2) is 61.9 Å². The predicted molar refractivity (Wildman–Crippen MR) is 154 cm³/mol. The molecule has 1 unspecified atom stereocenters. The van der Waals surface area contributed by atoms with Gasteiger partial charge in [-0.25, -0.2) is 18.0 Å². The topological polar surface area (TPSA) is 130 Å². The summed E-state index contributed by atoms with van der Waals surface area (Å²) in [7, 11) is -2.96.